The average Bonchev–Trinajstić information content (AvgIpc) is 2.96. The molecule has 0 radical (unpaired) electrons. The van der Waals surface area contributed by atoms with Gasteiger partial charge in [-0.3, -0.25) is 14.4 Å². The van der Waals surface area contributed by atoms with Gasteiger partial charge in [-0.15, -0.1) is 11.8 Å². The van der Waals surface area contributed by atoms with Crippen LogP contribution >= 0.6 is 11.8 Å². The van der Waals surface area contributed by atoms with Crippen LogP contribution in [0.5, 0.6) is 11.5 Å². The lowest BCUT2D eigenvalue weighted by molar-refractivity contribution is -0.115. The Bertz CT molecular complexity index is 1450. The Morgan fingerprint density at radius 1 is 0.718 bits per heavy atom. The molecule has 39 heavy (non-hydrogen) atoms. The Morgan fingerprint density at radius 2 is 1.36 bits per heavy atom. The van der Waals surface area contributed by atoms with E-state index in [4.69, 9.17) is 9.47 Å². The third kappa shape index (κ3) is 6.86. The smallest absolute Gasteiger partial charge is 0.263 e. The van der Waals surface area contributed by atoms with Gasteiger partial charge in [-0.25, -0.2) is 0 Å². The van der Waals surface area contributed by atoms with Crippen LogP contribution in [0.25, 0.3) is 0 Å². The number of carbonyl (C=O) groups excluding carboxylic acids is 3. The van der Waals surface area contributed by atoms with Crippen molar-refractivity contribution in [2.45, 2.75) is 17.1 Å². The largest absolute Gasteiger partial charge is 0.496 e. The second-order valence-corrected chi connectivity index (χ2v) is 9.73. The van der Waals surface area contributed by atoms with Gasteiger partial charge in [-0.05, 0) is 67.1 Å². The highest BCUT2D eigenvalue weighted by Gasteiger charge is 2.23. The average molecular weight is 541 g/mol. The number of amides is 2. The predicted octanol–water partition coefficient (Wildman–Crippen LogP) is 6.63. The third-order valence-electron chi connectivity index (χ3n) is 5.90. The molecule has 0 aliphatic rings. The van der Waals surface area contributed by atoms with Crippen LogP contribution in [0.15, 0.2) is 102 Å². The number of rotatable bonds is 10. The molecule has 0 aromatic heterocycles. The van der Waals surface area contributed by atoms with E-state index in [1.54, 1.807) is 48.5 Å². The summed E-state index contributed by atoms with van der Waals surface area (Å²) in [7, 11) is 2.99. The van der Waals surface area contributed by atoms with E-state index in [0.29, 0.717) is 28.4 Å². The van der Waals surface area contributed by atoms with Crippen LogP contribution in [0.4, 0.5) is 11.4 Å². The van der Waals surface area contributed by atoms with Gasteiger partial charge in [0.05, 0.1) is 14.2 Å². The molecule has 0 spiro atoms. The lowest BCUT2D eigenvalue weighted by Crippen LogP contribution is -2.19. The van der Waals surface area contributed by atoms with Crippen molar-refractivity contribution in [2.75, 3.05) is 24.9 Å². The summed E-state index contributed by atoms with van der Waals surface area (Å²) in [5, 5.41) is 5.29. The lowest BCUT2D eigenvalue weighted by Gasteiger charge is -2.18. The van der Waals surface area contributed by atoms with Crippen molar-refractivity contribution >= 4 is 40.7 Å². The molecule has 0 saturated carbocycles. The van der Waals surface area contributed by atoms with E-state index in [0.717, 1.165) is 10.5 Å². The van der Waals surface area contributed by atoms with Gasteiger partial charge in [-0.2, -0.15) is 0 Å². The van der Waals surface area contributed by atoms with Crippen molar-refractivity contribution in [3.63, 3.8) is 0 Å². The second-order valence-electron chi connectivity index (χ2n) is 8.55. The van der Waals surface area contributed by atoms with Crippen molar-refractivity contribution < 1.29 is 23.9 Å². The Labute approximate surface area is 231 Å². The monoisotopic (exact) mass is 540 g/mol. The number of nitrogens with one attached hydrogen (secondary N) is 2. The van der Waals surface area contributed by atoms with E-state index in [1.165, 1.54) is 32.9 Å². The Morgan fingerprint density at radius 3 is 1.97 bits per heavy atom. The Hall–Kier alpha value is -4.56. The van der Waals surface area contributed by atoms with Crippen molar-refractivity contribution in [2.24, 2.45) is 0 Å². The molecule has 4 aromatic carbocycles. The molecule has 0 bridgehead atoms. The highest BCUT2D eigenvalue weighted by molar-refractivity contribution is 8.00. The maximum atomic E-state index is 13.4. The van der Waals surface area contributed by atoms with Crippen molar-refractivity contribution in [1.29, 1.82) is 0 Å². The number of ketones is 1. The van der Waals surface area contributed by atoms with E-state index in [2.05, 4.69) is 10.6 Å². The topological polar surface area (TPSA) is 93.7 Å². The molecule has 0 saturated heterocycles. The number of carbonyl (C=O) groups is 3. The first-order chi connectivity index (χ1) is 18.9. The summed E-state index contributed by atoms with van der Waals surface area (Å²) in [4.78, 5) is 38.9. The van der Waals surface area contributed by atoms with E-state index < -0.39 is 5.25 Å². The molecule has 2 amide bonds. The molecule has 0 aliphatic carbocycles. The van der Waals surface area contributed by atoms with Crippen LogP contribution in [0.3, 0.4) is 0 Å². The van der Waals surface area contributed by atoms with E-state index in [9.17, 15) is 14.4 Å². The van der Waals surface area contributed by atoms with Crippen LogP contribution in [0.1, 0.15) is 38.5 Å². The molecular formula is C31H28N2O5S. The first-order valence-corrected chi connectivity index (χ1v) is 13.0. The number of hydrogen-bond donors (Lipinski definition) is 2. The number of Topliss-reactive ketones (excluding diaryl/α,β-unsaturated/α-hetero) is 1. The summed E-state index contributed by atoms with van der Waals surface area (Å²) in [5.41, 5.74) is 2.85. The molecular weight excluding hydrogens is 512 g/mol. The summed E-state index contributed by atoms with van der Waals surface area (Å²) in [6, 6.07) is 28.7. The lowest BCUT2D eigenvalue weighted by atomic mass is 10.1. The SMILES string of the molecule is COc1cccc(OC)c1C(=O)Nc1cccc(SC(C(=O)Nc2ccc(C(C)=O)cc2)c2ccccc2)c1. The molecule has 1 unspecified atom stereocenters. The van der Waals surface area contributed by atoms with E-state index in [-0.39, 0.29) is 23.2 Å². The zero-order chi connectivity index (χ0) is 27.8. The predicted molar refractivity (Wildman–Crippen MR) is 154 cm³/mol. The summed E-state index contributed by atoms with van der Waals surface area (Å²) >= 11 is 1.36. The van der Waals surface area contributed by atoms with E-state index in [1.807, 2.05) is 48.5 Å². The Balaban J connectivity index is 1.56. The van der Waals surface area contributed by atoms with Gasteiger partial charge < -0.3 is 20.1 Å². The molecule has 4 aromatic rings. The molecule has 1 atom stereocenters. The highest BCUT2D eigenvalue weighted by Crippen LogP contribution is 2.37. The first kappa shape index (κ1) is 27.5. The fourth-order valence-corrected chi connectivity index (χ4v) is 5.03. The number of methoxy groups -OCH3 is 2. The number of anilines is 2. The van der Waals surface area contributed by atoms with Gasteiger partial charge in [0.25, 0.3) is 5.91 Å². The highest BCUT2D eigenvalue weighted by atomic mass is 32.2. The molecule has 7 nitrogen and oxygen atoms in total. The summed E-state index contributed by atoms with van der Waals surface area (Å²) in [6.07, 6.45) is 0. The minimum absolute atomic E-state index is 0.0401. The maximum Gasteiger partial charge on any atom is 0.263 e. The fraction of sp³-hybridized carbons (Fsp3) is 0.129. The molecule has 8 heteroatoms. The molecule has 4 rings (SSSR count). The molecule has 0 heterocycles. The minimum Gasteiger partial charge on any atom is -0.496 e. The van der Waals surface area contributed by atoms with Gasteiger partial charge in [0.2, 0.25) is 5.91 Å². The number of thioether (sulfide) groups is 1. The molecule has 198 valence electrons. The zero-order valence-corrected chi connectivity index (χ0v) is 22.6. The molecule has 2 N–H and O–H groups in total. The number of benzene rings is 4. The summed E-state index contributed by atoms with van der Waals surface area (Å²) in [5.74, 6) is 0.165. The fourth-order valence-electron chi connectivity index (χ4n) is 3.95. The number of ether oxygens (including phenoxy) is 2. The van der Waals surface area contributed by atoms with Crippen LogP contribution < -0.4 is 20.1 Å². The normalized spacial score (nSPS) is 11.3. The van der Waals surface area contributed by atoms with Gasteiger partial charge in [0.15, 0.2) is 5.78 Å². The van der Waals surface area contributed by atoms with E-state index >= 15 is 0 Å². The molecule has 0 aliphatic heterocycles. The Kier molecular flexibility index (Phi) is 9.01. The van der Waals surface area contributed by atoms with Gasteiger partial charge >= 0.3 is 0 Å². The third-order valence-corrected chi connectivity index (χ3v) is 7.15. The van der Waals surface area contributed by atoms with Gasteiger partial charge in [0.1, 0.15) is 22.3 Å². The van der Waals surface area contributed by atoms with Crippen LogP contribution in [0.2, 0.25) is 0 Å². The summed E-state index contributed by atoms with van der Waals surface area (Å²) < 4.78 is 10.7. The maximum absolute atomic E-state index is 13.4. The summed E-state index contributed by atoms with van der Waals surface area (Å²) in [6.45, 7) is 1.50. The first-order valence-electron chi connectivity index (χ1n) is 12.2. The number of hydrogen-bond acceptors (Lipinski definition) is 6. The quantitative estimate of drug-likeness (QED) is 0.173. The minimum atomic E-state index is -0.570. The van der Waals surface area contributed by atoms with Crippen LogP contribution in [-0.2, 0) is 4.79 Å². The van der Waals surface area contributed by atoms with Crippen molar-refractivity contribution in [3.8, 4) is 11.5 Å². The van der Waals surface area contributed by atoms with Crippen molar-refractivity contribution in [3.05, 3.63) is 114 Å². The van der Waals surface area contributed by atoms with Gasteiger partial charge in [-0.1, -0.05) is 42.5 Å². The van der Waals surface area contributed by atoms with Crippen LogP contribution in [-0.4, -0.2) is 31.8 Å². The molecule has 0 fully saturated rings. The van der Waals surface area contributed by atoms with Crippen LogP contribution in [0, 0.1) is 0 Å². The zero-order valence-electron chi connectivity index (χ0n) is 21.8. The standard InChI is InChI=1S/C31H28N2O5S/c1-20(34)21-15-17-23(18-16-21)32-31(36)29(22-9-5-4-6-10-22)39-25-12-7-11-24(19-25)33-30(35)28-26(37-2)13-8-14-27(28)38-3/h4-19,29H,1-3H3,(H,32,36)(H,33,35). The second kappa shape index (κ2) is 12.8. The van der Waals surface area contributed by atoms with Gasteiger partial charge in [0, 0.05) is 21.8 Å². The van der Waals surface area contributed by atoms with Crippen molar-refractivity contribution in [1.82, 2.24) is 0 Å².